The van der Waals surface area contributed by atoms with Crippen LogP contribution in [0, 0.1) is 17.0 Å². The van der Waals surface area contributed by atoms with Crippen LogP contribution < -0.4 is 0 Å². The van der Waals surface area contributed by atoms with Crippen molar-refractivity contribution < 1.29 is 9.72 Å². The van der Waals surface area contributed by atoms with Crippen molar-refractivity contribution in [3.63, 3.8) is 0 Å². The van der Waals surface area contributed by atoms with Crippen LogP contribution >= 0.6 is 35.0 Å². The lowest BCUT2D eigenvalue weighted by Crippen LogP contribution is -2.32. The molecule has 0 spiro atoms. The molecule has 0 radical (unpaired) electrons. The third-order valence-electron chi connectivity index (χ3n) is 3.46. The molecule has 124 valence electrons. The Bertz CT molecular complexity index is 626. The fourth-order valence-corrected chi connectivity index (χ4v) is 3.62. The molecule has 8 heteroatoms. The highest BCUT2D eigenvalue weighted by molar-refractivity contribution is 8.03. The highest BCUT2D eigenvalue weighted by atomic mass is 35.5. The molecule has 0 saturated carbocycles. The van der Waals surface area contributed by atoms with Crippen LogP contribution in [0.15, 0.2) is 39.8 Å². The van der Waals surface area contributed by atoms with Crippen LogP contribution in [0.5, 0.6) is 0 Å². The number of rotatable bonds is 5. The Balaban J connectivity index is 2.38. The molecule has 1 aromatic rings. The minimum Gasteiger partial charge on any atom is -0.333 e. The van der Waals surface area contributed by atoms with Crippen LogP contribution in [-0.2, 0) is 4.79 Å². The van der Waals surface area contributed by atoms with E-state index in [9.17, 15) is 14.9 Å². The maximum Gasteiger partial charge on any atom is 0.346 e. The van der Waals surface area contributed by atoms with Crippen molar-refractivity contribution in [2.75, 3.05) is 13.1 Å². The summed E-state index contributed by atoms with van der Waals surface area (Å²) in [5.74, 6) is -0.617. The number of nitro groups is 1. The van der Waals surface area contributed by atoms with Gasteiger partial charge in [-0.3, -0.25) is 14.9 Å². The summed E-state index contributed by atoms with van der Waals surface area (Å²) in [7, 11) is 0. The molecule has 0 aliphatic carbocycles. The van der Waals surface area contributed by atoms with Gasteiger partial charge in [0.1, 0.15) is 9.74 Å². The smallest absolute Gasteiger partial charge is 0.333 e. The lowest BCUT2D eigenvalue weighted by molar-refractivity contribution is -0.420. The van der Waals surface area contributed by atoms with Crippen molar-refractivity contribution in [2.45, 2.75) is 29.5 Å². The Kier molecular flexibility index (Phi) is 6.33. The van der Waals surface area contributed by atoms with E-state index in [-0.39, 0.29) is 4.91 Å². The molecule has 1 fully saturated rings. The number of amides is 1. The molecule has 1 saturated heterocycles. The van der Waals surface area contributed by atoms with E-state index in [0.717, 1.165) is 35.1 Å². The van der Waals surface area contributed by atoms with Crippen LogP contribution in [0.25, 0.3) is 0 Å². The number of benzene rings is 1. The van der Waals surface area contributed by atoms with Crippen molar-refractivity contribution in [1.29, 1.82) is 0 Å². The molecule has 0 N–H and O–H groups in total. The summed E-state index contributed by atoms with van der Waals surface area (Å²) in [6.07, 6.45) is 1.70. The van der Waals surface area contributed by atoms with Gasteiger partial charge in [-0.1, -0.05) is 52.7 Å². The minimum atomic E-state index is -1.15. The molecule has 2 rings (SSSR count). The molecule has 1 heterocycles. The molecular weight excluding hydrogens is 359 g/mol. The second kappa shape index (κ2) is 8.04. The highest BCUT2D eigenvalue weighted by Crippen LogP contribution is 2.36. The molecule has 1 aliphatic heterocycles. The van der Waals surface area contributed by atoms with Gasteiger partial charge in [-0.15, -0.1) is 0 Å². The number of likely N-dealkylation sites (tertiary alicyclic amines) is 1. The van der Waals surface area contributed by atoms with E-state index in [4.69, 9.17) is 23.2 Å². The van der Waals surface area contributed by atoms with Crippen LogP contribution in [-0.4, -0.2) is 33.7 Å². The Morgan fingerprint density at radius 1 is 1.26 bits per heavy atom. The van der Waals surface area contributed by atoms with Gasteiger partial charge in [0, 0.05) is 18.0 Å². The number of hydrogen-bond donors (Lipinski definition) is 0. The highest BCUT2D eigenvalue weighted by Gasteiger charge is 2.35. The zero-order valence-corrected chi connectivity index (χ0v) is 14.8. The van der Waals surface area contributed by atoms with Gasteiger partial charge in [-0.25, -0.2) is 0 Å². The van der Waals surface area contributed by atoms with Gasteiger partial charge in [-0.2, -0.15) is 0 Å². The van der Waals surface area contributed by atoms with Gasteiger partial charge >= 0.3 is 11.6 Å². The average Bonchev–Trinajstić information content (AvgIpc) is 3.02. The number of halogens is 2. The van der Waals surface area contributed by atoms with E-state index in [2.05, 4.69) is 0 Å². The molecule has 0 unspecified atom stereocenters. The summed E-state index contributed by atoms with van der Waals surface area (Å²) in [4.78, 5) is 24.4. The number of nitrogens with zero attached hydrogens (tertiary/aromatic N) is 2. The molecule has 0 aromatic heterocycles. The van der Waals surface area contributed by atoms with Crippen molar-refractivity contribution in [2.24, 2.45) is 0 Å². The SMILES string of the molecule is Cc1ccc(S/C(=C(/C(=O)N2CCCC2)[N+](=O)[O-])C(Cl)Cl)cc1. The summed E-state index contributed by atoms with van der Waals surface area (Å²) >= 11 is 12.9. The largest absolute Gasteiger partial charge is 0.346 e. The third-order valence-corrected chi connectivity index (χ3v) is 5.31. The first kappa shape index (κ1) is 18.1. The quantitative estimate of drug-likeness (QED) is 0.257. The topological polar surface area (TPSA) is 63.5 Å². The van der Waals surface area contributed by atoms with Crippen molar-refractivity contribution >= 4 is 40.9 Å². The predicted octanol–water partition coefficient (Wildman–Crippen LogP) is 4.00. The summed E-state index contributed by atoms with van der Waals surface area (Å²) in [6, 6.07) is 7.39. The van der Waals surface area contributed by atoms with E-state index < -0.39 is 21.4 Å². The standard InChI is InChI=1S/C15H16Cl2N2O3S/c1-10-4-6-11(7-5-10)23-13(14(16)17)12(19(21)22)15(20)18-8-2-3-9-18/h4-7,14H,2-3,8-9H2,1H3/b13-12-. The Hall–Kier alpha value is -1.24. The zero-order chi connectivity index (χ0) is 17.0. The van der Waals surface area contributed by atoms with E-state index in [1.54, 1.807) is 0 Å². The van der Waals surface area contributed by atoms with E-state index in [0.29, 0.717) is 13.1 Å². The number of allylic oxidation sites excluding steroid dienone is 1. The lowest BCUT2D eigenvalue weighted by atomic mass is 10.2. The summed E-state index contributed by atoms with van der Waals surface area (Å²) in [6.45, 7) is 2.98. The second-order valence-corrected chi connectivity index (χ2v) is 7.40. The van der Waals surface area contributed by atoms with Crippen molar-refractivity contribution in [3.05, 3.63) is 50.5 Å². The Labute approximate surface area is 148 Å². The normalized spacial score (nSPS) is 15.7. The first-order valence-electron chi connectivity index (χ1n) is 7.10. The second-order valence-electron chi connectivity index (χ2n) is 5.19. The average molecular weight is 375 g/mol. The van der Waals surface area contributed by atoms with Gasteiger partial charge in [0.25, 0.3) is 0 Å². The van der Waals surface area contributed by atoms with Gasteiger partial charge < -0.3 is 4.90 Å². The van der Waals surface area contributed by atoms with Gasteiger partial charge in [0.05, 0.1) is 4.92 Å². The number of hydrogen-bond acceptors (Lipinski definition) is 4. The van der Waals surface area contributed by atoms with Crippen molar-refractivity contribution in [3.8, 4) is 0 Å². The van der Waals surface area contributed by atoms with Gasteiger partial charge in [0.2, 0.25) is 0 Å². The van der Waals surface area contributed by atoms with E-state index >= 15 is 0 Å². The summed E-state index contributed by atoms with van der Waals surface area (Å²) in [5.41, 5.74) is 0.531. The first-order valence-corrected chi connectivity index (χ1v) is 8.79. The van der Waals surface area contributed by atoms with Crippen LogP contribution in [0.2, 0.25) is 0 Å². The van der Waals surface area contributed by atoms with E-state index in [1.807, 2.05) is 31.2 Å². The molecule has 1 amide bonds. The molecule has 1 aliphatic rings. The van der Waals surface area contributed by atoms with Crippen LogP contribution in [0.3, 0.4) is 0 Å². The Morgan fingerprint density at radius 2 is 1.83 bits per heavy atom. The van der Waals surface area contributed by atoms with Gasteiger partial charge in [-0.05, 0) is 31.9 Å². The molecule has 5 nitrogen and oxygen atoms in total. The molecular formula is C15H16Cl2N2O3S. The van der Waals surface area contributed by atoms with Crippen LogP contribution in [0.4, 0.5) is 0 Å². The first-order chi connectivity index (χ1) is 10.9. The number of carbonyl (C=O) groups is 1. The number of alkyl halides is 2. The van der Waals surface area contributed by atoms with Crippen molar-refractivity contribution in [1.82, 2.24) is 4.90 Å². The summed E-state index contributed by atoms with van der Waals surface area (Å²) in [5, 5.41) is 11.5. The minimum absolute atomic E-state index is 0.0547. The number of carbonyl (C=O) groups excluding carboxylic acids is 1. The Morgan fingerprint density at radius 3 is 2.30 bits per heavy atom. The molecule has 23 heavy (non-hydrogen) atoms. The lowest BCUT2D eigenvalue weighted by Gasteiger charge is -2.15. The summed E-state index contributed by atoms with van der Waals surface area (Å²) < 4.78 is 0. The monoisotopic (exact) mass is 374 g/mol. The molecule has 0 bridgehead atoms. The number of aryl methyl sites for hydroxylation is 1. The van der Waals surface area contributed by atoms with Gasteiger partial charge in [0.15, 0.2) is 0 Å². The number of thioether (sulfide) groups is 1. The maximum atomic E-state index is 12.5. The predicted molar refractivity (Wildman–Crippen MR) is 92.4 cm³/mol. The fourth-order valence-electron chi connectivity index (χ4n) is 2.27. The molecule has 0 atom stereocenters. The maximum absolute atomic E-state index is 12.5. The molecule has 1 aromatic carbocycles. The fraction of sp³-hybridized carbons (Fsp3) is 0.400. The van der Waals surface area contributed by atoms with E-state index in [1.165, 1.54) is 4.90 Å². The van der Waals surface area contributed by atoms with Crippen LogP contribution in [0.1, 0.15) is 18.4 Å². The zero-order valence-electron chi connectivity index (χ0n) is 12.5. The third kappa shape index (κ3) is 4.62.